The van der Waals surface area contributed by atoms with Gasteiger partial charge in [-0.15, -0.1) is 0 Å². The van der Waals surface area contributed by atoms with Crippen molar-refractivity contribution in [1.29, 1.82) is 0 Å². The van der Waals surface area contributed by atoms with Crippen molar-refractivity contribution in [2.75, 3.05) is 6.54 Å². The third-order valence-electron chi connectivity index (χ3n) is 6.22. The van der Waals surface area contributed by atoms with Crippen LogP contribution < -0.4 is 0 Å². The van der Waals surface area contributed by atoms with Crippen molar-refractivity contribution in [1.82, 2.24) is 4.90 Å². The minimum atomic E-state index is -1.30. The second kappa shape index (κ2) is 5.26. The molecule has 4 aliphatic rings. The Morgan fingerprint density at radius 3 is 3.00 bits per heavy atom. The van der Waals surface area contributed by atoms with Crippen LogP contribution in [-0.4, -0.2) is 40.2 Å². The van der Waals surface area contributed by atoms with E-state index in [-0.39, 0.29) is 23.2 Å². The highest BCUT2D eigenvalue weighted by atomic mass is 19.1. The Morgan fingerprint density at radius 2 is 2.16 bits per heavy atom. The van der Waals surface area contributed by atoms with Gasteiger partial charge in [-0.05, 0) is 25.5 Å². The summed E-state index contributed by atoms with van der Waals surface area (Å²) in [4.78, 5) is 15.1. The first-order chi connectivity index (χ1) is 12.1. The van der Waals surface area contributed by atoms with Gasteiger partial charge in [-0.2, -0.15) is 0 Å². The fourth-order valence-corrected chi connectivity index (χ4v) is 5.16. The summed E-state index contributed by atoms with van der Waals surface area (Å²) in [6.07, 6.45) is 6.73. The molecule has 3 aliphatic heterocycles. The molecule has 3 heterocycles. The zero-order valence-electron chi connectivity index (χ0n) is 13.8. The summed E-state index contributed by atoms with van der Waals surface area (Å²) in [5.41, 5.74) is 0.400. The molecule has 0 saturated carbocycles. The van der Waals surface area contributed by atoms with E-state index in [0.717, 1.165) is 37.8 Å². The molecule has 0 amide bonds. The highest BCUT2D eigenvalue weighted by molar-refractivity contribution is 5.96. The summed E-state index contributed by atoms with van der Waals surface area (Å²) in [5, 5.41) is 10.8. The third-order valence-corrected chi connectivity index (χ3v) is 6.22. The second-order valence-corrected chi connectivity index (χ2v) is 7.41. The molecule has 4 nitrogen and oxygen atoms in total. The number of carbonyl (C=O) groups excluding carboxylic acids is 1. The predicted octanol–water partition coefficient (Wildman–Crippen LogP) is 2.65. The molecule has 2 saturated heterocycles. The van der Waals surface area contributed by atoms with Crippen molar-refractivity contribution >= 4 is 5.97 Å². The van der Waals surface area contributed by atoms with Gasteiger partial charge in [0.2, 0.25) is 0 Å². The number of ether oxygens (including phenoxy) is 1. The van der Waals surface area contributed by atoms with Crippen molar-refractivity contribution in [3.8, 4) is 0 Å². The molecule has 1 aromatic rings. The van der Waals surface area contributed by atoms with Crippen LogP contribution in [0.4, 0.5) is 4.39 Å². The smallest absolute Gasteiger partial charge is 0.338 e. The molecular weight excluding hydrogens is 321 g/mol. The molecule has 130 valence electrons. The van der Waals surface area contributed by atoms with Gasteiger partial charge in [-0.3, -0.25) is 4.90 Å². The van der Waals surface area contributed by atoms with Gasteiger partial charge in [-0.1, -0.05) is 36.8 Å². The molecule has 1 N–H and O–H groups in total. The molecule has 5 rings (SSSR count). The number of rotatable bonds is 2. The Hall–Kier alpha value is -1.98. The minimum Gasteiger partial charge on any atom is -0.449 e. The third kappa shape index (κ3) is 1.96. The van der Waals surface area contributed by atoms with E-state index in [1.54, 1.807) is 12.1 Å². The number of piperidine rings is 1. The molecule has 0 unspecified atom stereocenters. The topological polar surface area (TPSA) is 49.8 Å². The van der Waals surface area contributed by atoms with E-state index >= 15 is 0 Å². The van der Waals surface area contributed by atoms with Crippen LogP contribution in [0.15, 0.2) is 47.6 Å². The largest absolute Gasteiger partial charge is 0.449 e. The van der Waals surface area contributed by atoms with Crippen molar-refractivity contribution in [2.24, 2.45) is 0 Å². The van der Waals surface area contributed by atoms with Crippen LogP contribution in [-0.2, 0) is 9.53 Å². The summed E-state index contributed by atoms with van der Waals surface area (Å²) in [6.45, 7) is 1.01. The van der Waals surface area contributed by atoms with E-state index in [1.807, 2.05) is 6.08 Å². The number of aliphatic hydroxyl groups excluding tert-OH is 1. The SMILES string of the molecule is O=C1O[C@@]23C[C@@H](C=CC2=C1[C@@H](O)c1ccccc1F)N1CCCC[C@@H]13. The van der Waals surface area contributed by atoms with Crippen LogP contribution in [0.25, 0.3) is 0 Å². The van der Waals surface area contributed by atoms with Gasteiger partial charge in [0, 0.05) is 23.6 Å². The van der Waals surface area contributed by atoms with E-state index < -0.39 is 23.5 Å². The molecule has 5 heteroatoms. The van der Waals surface area contributed by atoms with Crippen LogP contribution in [0.5, 0.6) is 0 Å². The quantitative estimate of drug-likeness (QED) is 0.840. The van der Waals surface area contributed by atoms with Gasteiger partial charge in [0.25, 0.3) is 0 Å². The summed E-state index contributed by atoms with van der Waals surface area (Å²) in [6, 6.07) is 6.49. The highest BCUT2D eigenvalue weighted by Crippen LogP contribution is 2.54. The van der Waals surface area contributed by atoms with Crippen LogP contribution in [0, 0.1) is 5.82 Å². The molecule has 2 bridgehead atoms. The molecule has 1 aliphatic carbocycles. The summed E-state index contributed by atoms with van der Waals surface area (Å²) in [7, 11) is 0. The van der Waals surface area contributed by atoms with Gasteiger partial charge in [-0.25, -0.2) is 9.18 Å². The summed E-state index contributed by atoms with van der Waals surface area (Å²) in [5.74, 6) is -1.02. The summed E-state index contributed by atoms with van der Waals surface area (Å²) >= 11 is 0. The average molecular weight is 341 g/mol. The number of fused-ring (bicyclic) bond motifs is 3. The number of hydrogen-bond acceptors (Lipinski definition) is 4. The molecule has 4 atom stereocenters. The standard InChI is InChI=1S/C20H20FNO3/c21-15-6-2-1-5-13(15)18(23)17-14-9-8-12-11-20(14,25-19(17)24)16-7-3-4-10-22(12)16/h1-2,5-6,8-9,12,16,18,23H,3-4,7,10-11H2/t12-,16-,18+,20+/m1/s1. The monoisotopic (exact) mass is 341 g/mol. The van der Waals surface area contributed by atoms with Crippen LogP contribution in [0.2, 0.25) is 0 Å². The lowest BCUT2D eigenvalue weighted by atomic mass is 9.78. The highest BCUT2D eigenvalue weighted by Gasteiger charge is 2.62. The number of benzene rings is 1. The number of carbonyl (C=O) groups is 1. The van der Waals surface area contributed by atoms with Crippen molar-refractivity contribution in [3.05, 3.63) is 58.9 Å². The zero-order chi connectivity index (χ0) is 17.2. The van der Waals surface area contributed by atoms with Gasteiger partial charge >= 0.3 is 5.97 Å². The second-order valence-electron chi connectivity index (χ2n) is 7.41. The fraction of sp³-hybridized carbons (Fsp3) is 0.450. The lowest BCUT2D eigenvalue weighted by molar-refractivity contribution is -0.150. The Kier molecular flexibility index (Phi) is 3.21. The first-order valence-electron chi connectivity index (χ1n) is 8.96. The van der Waals surface area contributed by atoms with Gasteiger partial charge in [0.05, 0.1) is 11.6 Å². The Bertz CT molecular complexity index is 817. The first-order valence-corrected chi connectivity index (χ1v) is 8.96. The maximum Gasteiger partial charge on any atom is 0.338 e. The number of nitrogens with zero attached hydrogens (tertiary/aromatic N) is 1. The Labute approximate surface area is 145 Å². The lowest BCUT2D eigenvalue weighted by Gasteiger charge is -2.37. The van der Waals surface area contributed by atoms with E-state index in [2.05, 4.69) is 11.0 Å². The zero-order valence-corrected chi connectivity index (χ0v) is 13.8. The van der Waals surface area contributed by atoms with E-state index in [4.69, 9.17) is 4.74 Å². The van der Waals surface area contributed by atoms with Crippen molar-refractivity contribution in [3.63, 3.8) is 0 Å². The molecule has 0 radical (unpaired) electrons. The normalized spacial score (nSPS) is 34.7. The number of aliphatic hydroxyl groups is 1. The van der Waals surface area contributed by atoms with E-state index in [9.17, 15) is 14.3 Å². The van der Waals surface area contributed by atoms with Crippen LogP contribution in [0.1, 0.15) is 37.4 Å². The van der Waals surface area contributed by atoms with E-state index in [1.165, 1.54) is 12.1 Å². The van der Waals surface area contributed by atoms with Gasteiger partial charge < -0.3 is 9.84 Å². The molecule has 1 aromatic carbocycles. The average Bonchev–Trinajstić information content (AvgIpc) is 3.06. The van der Waals surface area contributed by atoms with Crippen molar-refractivity contribution < 1.29 is 19.0 Å². The maximum absolute atomic E-state index is 14.1. The molecule has 1 spiro atoms. The molecule has 0 aromatic heterocycles. The Morgan fingerprint density at radius 1 is 1.32 bits per heavy atom. The molecular formula is C20H20FNO3. The van der Waals surface area contributed by atoms with Crippen LogP contribution >= 0.6 is 0 Å². The molecule has 2 fully saturated rings. The number of hydrogen-bond donors (Lipinski definition) is 1. The first kappa shape index (κ1) is 15.3. The number of halogens is 1. The molecule has 25 heavy (non-hydrogen) atoms. The maximum atomic E-state index is 14.1. The number of esters is 1. The van der Waals surface area contributed by atoms with Crippen molar-refractivity contribution in [2.45, 2.75) is 49.5 Å². The van der Waals surface area contributed by atoms with E-state index in [0.29, 0.717) is 0 Å². The predicted molar refractivity (Wildman–Crippen MR) is 89.1 cm³/mol. The van der Waals surface area contributed by atoms with Gasteiger partial charge in [0.15, 0.2) is 5.60 Å². The Balaban J connectivity index is 1.63. The van der Waals surface area contributed by atoms with Crippen LogP contribution in [0.3, 0.4) is 0 Å². The minimum absolute atomic E-state index is 0.119. The summed E-state index contributed by atoms with van der Waals surface area (Å²) < 4.78 is 20.1. The fourth-order valence-electron chi connectivity index (χ4n) is 5.16. The van der Waals surface area contributed by atoms with Gasteiger partial charge in [0.1, 0.15) is 11.9 Å². The lowest BCUT2D eigenvalue weighted by Crippen LogP contribution is -2.48.